The Balaban J connectivity index is 2.87. The van der Waals surface area contributed by atoms with Crippen molar-refractivity contribution in [2.75, 3.05) is 19.6 Å². The lowest BCUT2D eigenvalue weighted by atomic mass is 10.1. The van der Waals surface area contributed by atoms with Crippen LogP contribution in [-0.2, 0) is 6.18 Å². The predicted molar refractivity (Wildman–Crippen MR) is 73.7 cm³/mol. The molecule has 0 aliphatic heterocycles. The van der Waals surface area contributed by atoms with E-state index in [1.807, 2.05) is 13.8 Å². The summed E-state index contributed by atoms with van der Waals surface area (Å²) in [6.07, 6.45) is -3.13. The largest absolute Gasteiger partial charge is 0.417 e. The molecule has 0 saturated carbocycles. The molecule has 0 fully saturated rings. The van der Waals surface area contributed by atoms with Crippen LogP contribution in [0.2, 0.25) is 0 Å². The first-order valence-electron chi connectivity index (χ1n) is 6.78. The fraction of sp³-hybridized carbons (Fsp3) is 0.571. The van der Waals surface area contributed by atoms with Gasteiger partial charge < -0.3 is 10.6 Å². The summed E-state index contributed by atoms with van der Waals surface area (Å²) in [5, 5.41) is 0. The average Bonchev–Trinajstić information content (AvgIpc) is 2.41. The molecule has 1 aromatic rings. The fourth-order valence-corrected chi connectivity index (χ4v) is 1.85. The number of carbonyl (C=O) groups is 1. The Hall–Kier alpha value is -1.63. The molecule has 7 heteroatoms. The molecule has 1 rings (SSSR count). The number of aromatic nitrogens is 1. The van der Waals surface area contributed by atoms with Crippen molar-refractivity contribution >= 4 is 5.91 Å². The van der Waals surface area contributed by atoms with Crippen molar-refractivity contribution in [2.24, 2.45) is 11.7 Å². The SMILES string of the molecule is CC(C)CN(CCCN)C(=O)c1ccc(C(F)(F)F)cn1. The van der Waals surface area contributed by atoms with Gasteiger partial charge >= 0.3 is 6.18 Å². The molecule has 0 atom stereocenters. The summed E-state index contributed by atoms with van der Waals surface area (Å²) in [6, 6.07) is 1.98. The Morgan fingerprint density at radius 2 is 2.05 bits per heavy atom. The summed E-state index contributed by atoms with van der Waals surface area (Å²) in [7, 11) is 0. The number of carbonyl (C=O) groups excluding carboxylic acids is 1. The molecule has 1 heterocycles. The number of alkyl halides is 3. The van der Waals surface area contributed by atoms with E-state index in [0.29, 0.717) is 32.3 Å². The first-order chi connectivity index (χ1) is 9.75. The third kappa shape index (κ3) is 5.34. The summed E-state index contributed by atoms with van der Waals surface area (Å²) in [5.41, 5.74) is 4.59. The fourth-order valence-electron chi connectivity index (χ4n) is 1.85. The van der Waals surface area contributed by atoms with Crippen LogP contribution in [0.25, 0.3) is 0 Å². The Bertz CT molecular complexity index is 458. The van der Waals surface area contributed by atoms with Crippen LogP contribution in [-0.4, -0.2) is 35.4 Å². The molecule has 118 valence electrons. The summed E-state index contributed by atoms with van der Waals surface area (Å²) in [4.78, 5) is 17.5. The van der Waals surface area contributed by atoms with E-state index in [-0.39, 0.29) is 17.5 Å². The molecule has 0 bridgehead atoms. The topological polar surface area (TPSA) is 59.2 Å². The van der Waals surface area contributed by atoms with Crippen LogP contribution in [0.3, 0.4) is 0 Å². The molecule has 0 aromatic carbocycles. The molecular formula is C14H20F3N3O. The van der Waals surface area contributed by atoms with Crippen molar-refractivity contribution in [3.8, 4) is 0 Å². The van der Waals surface area contributed by atoms with Crippen LogP contribution in [0.4, 0.5) is 13.2 Å². The van der Waals surface area contributed by atoms with Crippen LogP contribution in [0, 0.1) is 5.92 Å². The van der Waals surface area contributed by atoms with Crippen molar-refractivity contribution in [3.63, 3.8) is 0 Å². The van der Waals surface area contributed by atoms with Crippen molar-refractivity contribution in [1.29, 1.82) is 0 Å². The smallest absolute Gasteiger partial charge is 0.337 e. The van der Waals surface area contributed by atoms with Gasteiger partial charge in [0.05, 0.1) is 5.56 Å². The maximum Gasteiger partial charge on any atom is 0.417 e. The Labute approximate surface area is 122 Å². The lowest BCUT2D eigenvalue weighted by Crippen LogP contribution is -2.36. The highest BCUT2D eigenvalue weighted by molar-refractivity contribution is 5.92. The molecule has 21 heavy (non-hydrogen) atoms. The van der Waals surface area contributed by atoms with Crippen LogP contribution in [0.15, 0.2) is 18.3 Å². The highest BCUT2D eigenvalue weighted by Crippen LogP contribution is 2.28. The van der Waals surface area contributed by atoms with Gasteiger partial charge in [-0.3, -0.25) is 9.78 Å². The van der Waals surface area contributed by atoms with Gasteiger partial charge in [0.25, 0.3) is 5.91 Å². The first-order valence-corrected chi connectivity index (χ1v) is 6.78. The van der Waals surface area contributed by atoms with Crippen LogP contribution in [0.5, 0.6) is 0 Å². The first kappa shape index (κ1) is 17.4. The molecule has 1 amide bonds. The summed E-state index contributed by atoms with van der Waals surface area (Å²) >= 11 is 0. The highest BCUT2D eigenvalue weighted by Gasteiger charge is 2.31. The van der Waals surface area contributed by atoms with Gasteiger partial charge in [-0.15, -0.1) is 0 Å². The number of halogens is 3. The molecular weight excluding hydrogens is 283 g/mol. The maximum atomic E-state index is 12.5. The van der Waals surface area contributed by atoms with Gasteiger partial charge in [-0.25, -0.2) is 0 Å². The van der Waals surface area contributed by atoms with E-state index < -0.39 is 11.7 Å². The Morgan fingerprint density at radius 1 is 1.38 bits per heavy atom. The monoisotopic (exact) mass is 303 g/mol. The quantitative estimate of drug-likeness (QED) is 0.878. The van der Waals surface area contributed by atoms with Gasteiger partial charge in [-0.2, -0.15) is 13.2 Å². The third-order valence-corrected chi connectivity index (χ3v) is 2.81. The van der Waals surface area contributed by atoms with Crippen LogP contribution in [0.1, 0.15) is 36.3 Å². The normalized spacial score (nSPS) is 11.8. The molecule has 0 radical (unpaired) electrons. The van der Waals surface area contributed by atoms with E-state index in [4.69, 9.17) is 5.73 Å². The van der Waals surface area contributed by atoms with Gasteiger partial charge in [0.15, 0.2) is 0 Å². The number of pyridine rings is 1. The molecule has 0 aliphatic rings. The molecule has 0 saturated heterocycles. The zero-order valence-electron chi connectivity index (χ0n) is 12.2. The Kier molecular flexibility index (Phi) is 6.14. The van der Waals surface area contributed by atoms with Crippen molar-refractivity contribution in [1.82, 2.24) is 9.88 Å². The maximum absolute atomic E-state index is 12.5. The van der Waals surface area contributed by atoms with E-state index in [1.54, 1.807) is 4.90 Å². The van der Waals surface area contributed by atoms with E-state index in [1.165, 1.54) is 0 Å². The molecule has 2 N–H and O–H groups in total. The number of nitrogens with two attached hydrogens (primary N) is 1. The second-order valence-electron chi connectivity index (χ2n) is 5.22. The van der Waals surface area contributed by atoms with Crippen LogP contribution >= 0.6 is 0 Å². The number of hydrogen-bond donors (Lipinski definition) is 1. The number of nitrogens with zero attached hydrogens (tertiary/aromatic N) is 2. The average molecular weight is 303 g/mol. The van der Waals surface area contributed by atoms with E-state index in [2.05, 4.69) is 4.98 Å². The predicted octanol–water partition coefficient (Wildman–Crippen LogP) is 2.55. The second-order valence-corrected chi connectivity index (χ2v) is 5.22. The number of rotatable bonds is 6. The lowest BCUT2D eigenvalue weighted by molar-refractivity contribution is -0.137. The molecule has 0 spiro atoms. The van der Waals surface area contributed by atoms with Gasteiger partial charge in [-0.1, -0.05) is 13.8 Å². The van der Waals surface area contributed by atoms with Gasteiger partial charge in [0.1, 0.15) is 5.69 Å². The van der Waals surface area contributed by atoms with Crippen LogP contribution < -0.4 is 5.73 Å². The van der Waals surface area contributed by atoms with Crippen molar-refractivity contribution in [3.05, 3.63) is 29.6 Å². The zero-order chi connectivity index (χ0) is 16.0. The molecule has 4 nitrogen and oxygen atoms in total. The summed E-state index contributed by atoms with van der Waals surface area (Å²) < 4.78 is 37.4. The minimum absolute atomic E-state index is 0.0145. The Morgan fingerprint density at radius 3 is 2.48 bits per heavy atom. The molecule has 0 unspecified atom stereocenters. The van der Waals surface area contributed by atoms with Crippen molar-refractivity contribution < 1.29 is 18.0 Å². The number of hydrogen-bond acceptors (Lipinski definition) is 3. The van der Waals surface area contributed by atoms with E-state index >= 15 is 0 Å². The zero-order valence-corrected chi connectivity index (χ0v) is 12.2. The lowest BCUT2D eigenvalue weighted by Gasteiger charge is -2.24. The highest BCUT2D eigenvalue weighted by atomic mass is 19.4. The van der Waals surface area contributed by atoms with E-state index in [9.17, 15) is 18.0 Å². The summed E-state index contributed by atoms with van der Waals surface area (Å²) in [5.74, 6) is -0.118. The number of amides is 1. The minimum atomic E-state index is -4.45. The molecule has 1 aromatic heterocycles. The van der Waals surface area contributed by atoms with E-state index in [0.717, 1.165) is 12.1 Å². The van der Waals surface area contributed by atoms with Gasteiger partial charge in [-0.05, 0) is 31.0 Å². The standard InChI is InChI=1S/C14H20F3N3O/c1-10(2)9-20(7-3-6-18)13(21)12-5-4-11(8-19-12)14(15,16)17/h4-5,8,10H,3,6-7,9,18H2,1-2H3. The minimum Gasteiger partial charge on any atom is -0.337 e. The summed E-state index contributed by atoms with van der Waals surface area (Å²) in [6.45, 7) is 5.35. The second kappa shape index (κ2) is 7.40. The van der Waals surface area contributed by atoms with Crippen molar-refractivity contribution in [2.45, 2.75) is 26.4 Å². The van der Waals surface area contributed by atoms with Gasteiger partial charge in [0.2, 0.25) is 0 Å². The third-order valence-electron chi connectivity index (χ3n) is 2.81. The van der Waals surface area contributed by atoms with Gasteiger partial charge in [0, 0.05) is 19.3 Å². The molecule has 0 aliphatic carbocycles.